The second-order valence-electron chi connectivity index (χ2n) is 9.00. The van der Waals surface area contributed by atoms with Crippen molar-refractivity contribution in [2.24, 2.45) is 11.8 Å². The molecule has 1 aromatic carbocycles. The van der Waals surface area contributed by atoms with Gasteiger partial charge in [0, 0.05) is 6.61 Å². The molecule has 0 atom stereocenters. The summed E-state index contributed by atoms with van der Waals surface area (Å²) in [5, 5.41) is 8.36. The van der Waals surface area contributed by atoms with Gasteiger partial charge in [0.25, 0.3) is 0 Å². The van der Waals surface area contributed by atoms with E-state index in [2.05, 4.69) is 0 Å². The Labute approximate surface area is 183 Å². The zero-order chi connectivity index (χ0) is 22.1. The van der Waals surface area contributed by atoms with Crippen LogP contribution in [-0.2, 0) is 4.74 Å². The monoisotopic (exact) mass is 431 g/mol. The average Bonchev–Trinajstić information content (AvgIpc) is 2.80. The number of rotatable bonds is 8. The van der Waals surface area contributed by atoms with Gasteiger partial charge in [0.15, 0.2) is 17.5 Å². The molecule has 5 heteroatoms. The summed E-state index contributed by atoms with van der Waals surface area (Å²) in [7, 11) is 0. The highest BCUT2D eigenvalue weighted by Gasteiger charge is 2.26. The Balaban J connectivity index is 1.29. The van der Waals surface area contributed by atoms with Crippen LogP contribution in [0, 0.1) is 34.8 Å². The van der Waals surface area contributed by atoms with Gasteiger partial charge in [0.2, 0.25) is 0 Å². The number of ether oxygens (including phenoxy) is 1. The molecule has 0 radical (unpaired) electrons. The fourth-order valence-corrected chi connectivity index (χ4v) is 4.91. The second kappa shape index (κ2) is 12.1. The first kappa shape index (κ1) is 23.6. The van der Waals surface area contributed by atoms with Crippen molar-refractivity contribution in [3.8, 4) is 6.07 Å². The quantitative estimate of drug-likeness (QED) is 0.315. The standard InChI is InChI=1S/C26H32F3NO/c27-23(17-30)5-3-1-2-4-19-6-8-20(9-7-19)18-31-24-13-10-21(11-14-24)22-12-15-25(28)26(29)16-22/h1,3,5,12,15-16,19-21,24H,2,4,6-11,13-14,18H2. The smallest absolute Gasteiger partial charge is 0.199 e. The van der Waals surface area contributed by atoms with Crippen LogP contribution in [0.2, 0.25) is 0 Å². The molecule has 2 aliphatic carbocycles. The van der Waals surface area contributed by atoms with E-state index in [9.17, 15) is 13.2 Å². The van der Waals surface area contributed by atoms with Crippen LogP contribution in [0.3, 0.4) is 0 Å². The van der Waals surface area contributed by atoms with E-state index in [4.69, 9.17) is 10.00 Å². The highest BCUT2D eigenvalue weighted by Crippen LogP contribution is 2.36. The Kier molecular flexibility index (Phi) is 9.21. The van der Waals surface area contributed by atoms with Crippen LogP contribution in [0.5, 0.6) is 0 Å². The van der Waals surface area contributed by atoms with Crippen molar-refractivity contribution in [1.82, 2.24) is 0 Å². The molecule has 0 unspecified atom stereocenters. The maximum atomic E-state index is 13.5. The van der Waals surface area contributed by atoms with Crippen molar-refractivity contribution < 1.29 is 17.9 Å². The zero-order valence-corrected chi connectivity index (χ0v) is 18.0. The minimum Gasteiger partial charge on any atom is -0.378 e. The Morgan fingerprint density at radius 2 is 1.71 bits per heavy atom. The average molecular weight is 432 g/mol. The molecule has 168 valence electrons. The van der Waals surface area contributed by atoms with Crippen LogP contribution >= 0.6 is 0 Å². The van der Waals surface area contributed by atoms with Crippen molar-refractivity contribution in [1.29, 1.82) is 5.26 Å². The van der Waals surface area contributed by atoms with E-state index in [-0.39, 0.29) is 6.10 Å². The molecule has 0 N–H and O–H groups in total. The van der Waals surface area contributed by atoms with E-state index in [0.717, 1.165) is 56.6 Å². The van der Waals surface area contributed by atoms with Crippen LogP contribution in [0.1, 0.15) is 75.7 Å². The van der Waals surface area contributed by atoms with E-state index in [1.54, 1.807) is 12.1 Å². The molecule has 0 heterocycles. The predicted molar refractivity (Wildman–Crippen MR) is 116 cm³/mol. The molecule has 2 fully saturated rings. The molecule has 0 aliphatic heterocycles. The predicted octanol–water partition coefficient (Wildman–Crippen LogP) is 7.53. The second-order valence-corrected chi connectivity index (χ2v) is 9.00. The molecule has 0 spiro atoms. The van der Waals surface area contributed by atoms with Crippen molar-refractivity contribution in [3.05, 3.63) is 59.5 Å². The first-order chi connectivity index (χ1) is 15.0. The largest absolute Gasteiger partial charge is 0.378 e. The van der Waals surface area contributed by atoms with Crippen LogP contribution in [-0.4, -0.2) is 12.7 Å². The first-order valence-corrected chi connectivity index (χ1v) is 11.5. The van der Waals surface area contributed by atoms with Gasteiger partial charge in [-0.05, 0) is 92.9 Å². The van der Waals surface area contributed by atoms with Gasteiger partial charge in [-0.15, -0.1) is 0 Å². The van der Waals surface area contributed by atoms with E-state index in [1.807, 2.05) is 6.08 Å². The van der Waals surface area contributed by atoms with Gasteiger partial charge in [0.1, 0.15) is 6.07 Å². The Morgan fingerprint density at radius 3 is 2.39 bits per heavy atom. The lowest BCUT2D eigenvalue weighted by atomic mass is 9.80. The van der Waals surface area contributed by atoms with Gasteiger partial charge in [-0.25, -0.2) is 8.78 Å². The summed E-state index contributed by atoms with van der Waals surface area (Å²) < 4.78 is 45.5. The summed E-state index contributed by atoms with van der Waals surface area (Å²) in [5.74, 6) is -0.649. The van der Waals surface area contributed by atoms with Crippen molar-refractivity contribution >= 4 is 0 Å². The Morgan fingerprint density at radius 1 is 1.00 bits per heavy atom. The van der Waals surface area contributed by atoms with Crippen LogP contribution in [0.25, 0.3) is 0 Å². The van der Waals surface area contributed by atoms with Crippen molar-refractivity contribution in [2.45, 2.75) is 76.2 Å². The summed E-state index contributed by atoms with van der Waals surface area (Å²) in [6.45, 7) is 0.825. The number of halogens is 3. The molecule has 0 aromatic heterocycles. The minimum atomic E-state index is -0.782. The molecular formula is C26H32F3NO. The number of nitrogens with zero attached hydrogens (tertiary/aromatic N) is 1. The number of hydrogen-bond acceptors (Lipinski definition) is 2. The molecule has 3 rings (SSSR count). The first-order valence-electron chi connectivity index (χ1n) is 11.5. The zero-order valence-electron chi connectivity index (χ0n) is 18.0. The Bertz CT molecular complexity index is 797. The number of benzene rings is 1. The fraction of sp³-hybridized carbons (Fsp3) is 0.577. The van der Waals surface area contributed by atoms with Gasteiger partial charge in [-0.3, -0.25) is 0 Å². The topological polar surface area (TPSA) is 33.0 Å². The molecule has 2 aliphatic rings. The summed E-state index contributed by atoms with van der Waals surface area (Å²) >= 11 is 0. The molecule has 2 nitrogen and oxygen atoms in total. The fourth-order valence-electron chi connectivity index (χ4n) is 4.91. The SMILES string of the molecule is N#CC(F)=CC=CCCC1CCC(COC2CCC(c3ccc(F)c(F)c3)CC2)CC1. The molecule has 2 saturated carbocycles. The third-order valence-electron chi connectivity index (χ3n) is 6.85. The molecule has 1 aromatic rings. The van der Waals surface area contributed by atoms with Gasteiger partial charge in [-0.2, -0.15) is 9.65 Å². The van der Waals surface area contributed by atoms with Crippen molar-refractivity contribution in [2.75, 3.05) is 6.61 Å². The molecule has 0 bridgehead atoms. The summed E-state index contributed by atoms with van der Waals surface area (Å²) in [5.41, 5.74) is 0.900. The lowest BCUT2D eigenvalue weighted by Crippen LogP contribution is -2.25. The van der Waals surface area contributed by atoms with E-state index < -0.39 is 17.5 Å². The minimum absolute atomic E-state index is 0.284. The lowest BCUT2D eigenvalue weighted by molar-refractivity contribution is -0.00476. The third kappa shape index (κ3) is 7.54. The highest BCUT2D eigenvalue weighted by molar-refractivity contribution is 5.22. The van der Waals surface area contributed by atoms with Gasteiger partial charge in [-0.1, -0.05) is 31.1 Å². The molecule has 0 saturated heterocycles. The normalized spacial score (nSPS) is 27.4. The van der Waals surface area contributed by atoms with E-state index >= 15 is 0 Å². The van der Waals surface area contributed by atoms with Gasteiger partial charge >= 0.3 is 0 Å². The van der Waals surface area contributed by atoms with E-state index in [1.165, 1.54) is 50.0 Å². The maximum absolute atomic E-state index is 13.5. The third-order valence-corrected chi connectivity index (χ3v) is 6.85. The maximum Gasteiger partial charge on any atom is 0.199 e. The molecule has 31 heavy (non-hydrogen) atoms. The van der Waals surface area contributed by atoms with Gasteiger partial charge in [0.05, 0.1) is 6.10 Å². The Hall–Kier alpha value is -2.06. The van der Waals surface area contributed by atoms with Crippen molar-refractivity contribution in [3.63, 3.8) is 0 Å². The summed E-state index contributed by atoms with van der Waals surface area (Å²) in [6.07, 6.45) is 15.8. The van der Waals surface area contributed by atoms with Crippen LogP contribution in [0.4, 0.5) is 13.2 Å². The molecular weight excluding hydrogens is 399 g/mol. The number of hydrogen-bond donors (Lipinski definition) is 0. The van der Waals surface area contributed by atoms with E-state index in [0.29, 0.717) is 11.8 Å². The molecule has 0 amide bonds. The lowest BCUT2D eigenvalue weighted by Gasteiger charge is -2.32. The summed E-state index contributed by atoms with van der Waals surface area (Å²) in [4.78, 5) is 0. The van der Waals surface area contributed by atoms with Gasteiger partial charge < -0.3 is 4.74 Å². The number of nitriles is 1. The highest BCUT2D eigenvalue weighted by atomic mass is 19.2. The summed E-state index contributed by atoms with van der Waals surface area (Å²) in [6, 6.07) is 5.74. The van der Waals surface area contributed by atoms with Crippen LogP contribution in [0.15, 0.2) is 42.3 Å². The number of allylic oxidation sites excluding steroid dienone is 4. The van der Waals surface area contributed by atoms with Crippen LogP contribution < -0.4 is 0 Å².